The van der Waals surface area contributed by atoms with Crippen LogP contribution in [0.15, 0.2) is 60.7 Å². The smallest absolute Gasteiger partial charge is 0.348 e. The van der Waals surface area contributed by atoms with Crippen molar-refractivity contribution in [1.82, 2.24) is 20.9 Å². The first-order chi connectivity index (χ1) is 18.1. The highest BCUT2D eigenvalue weighted by Crippen LogP contribution is 2.39. The van der Waals surface area contributed by atoms with E-state index in [-0.39, 0.29) is 42.4 Å². The molecule has 40 heavy (non-hydrogen) atoms. The number of nitrogens with one attached hydrogen (secondary N) is 3. The molecule has 2 fully saturated rings. The van der Waals surface area contributed by atoms with Crippen LogP contribution in [0.5, 0.6) is 0 Å². The minimum absolute atomic E-state index is 0. The standard InChI is InChI=1S/C20H21F3N2O.C7H11F3N2O.ClH/c1-19(12-24-18(26)20(21,22)23)13-25(14-19)17(15-8-4-2-5-9-15)16-10-6-3-7-11-16;1-6(2-11-3-6)4-12-5(13)7(8,9)10;/h2-11,17H,12-14H2,1H3,(H,24,26);11H,2-4H2,1H3,(H,12,13);1H. The number of carbonyl (C=O) groups is 2. The highest BCUT2D eigenvalue weighted by atomic mass is 35.5. The van der Waals surface area contributed by atoms with Crippen molar-refractivity contribution in [2.24, 2.45) is 10.8 Å². The van der Waals surface area contributed by atoms with Gasteiger partial charge in [-0.25, -0.2) is 0 Å². The van der Waals surface area contributed by atoms with Crippen molar-refractivity contribution in [3.05, 3.63) is 71.8 Å². The van der Waals surface area contributed by atoms with Crippen LogP contribution in [0.4, 0.5) is 26.3 Å². The molecular formula is C27H33ClF6N4O2. The first kappa shape index (κ1) is 33.4. The zero-order chi connectivity index (χ0) is 28.9. The molecule has 0 saturated carbocycles. The molecule has 4 rings (SSSR count). The monoisotopic (exact) mass is 594 g/mol. The molecule has 0 radical (unpaired) electrons. The number of alkyl halides is 6. The van der Waals surface area contributed by atoms with E-state index in [0.29, 0.717) is 26.2 Å². The van der Waals surface area contributed by atoms with Gasteiger partial charge >= 0.3 is 24.2 Å². The van der Waals surface area contributed by atoms with Gasteiger partial charge in [0, 0.05) is 50.1 Å². The number of likely N-dealkylation sites (tertiary alicyclic amines) is 1. The largest absolute Gasteiger partial charge is 0.471 e. The molecule has 6 nitrogen and oxygen atoms in total. The molecular weight excluding hydrogens is 562 g/mol. The van der Waals surface area contributed by atoms with Gasteiger partial charge in [0.25, 0.3) is 0 Å². The molecule has 0 unspecified atom stereocenters. The molecule has 222 valence electrons. The van der Waals surface area contributed by atoms with Crippen LogP contribution in [-0.2, 0) is 9.59 Å². The van der Waals surface area contributed by atoms with Gasteiger partial charge in [-0.3, -0.25) is 14.5 Å². The lowest BCUT2D eigenvalue weighted by atomic mass is 9.79. The zero-order valence-corrected chi connectivity index (χ0v) is 22.8. The predicted octanol–water partition coefficient (Wildman–Crippen LogP) is 4.47. The highest BCUT2D eigenvalue weighted by Gasteiger charge is 2.45. The molecule has 2 aliphatic heterocycles. The van der Waals surface area contributed by atoms with Crippen molar-refractivity contribution in [2.45, 2.75) is 32.2 Å². The Morgan fingerprint density at radius 3 is 1.48 bits per heavy atom. The van der Waals surface area contributed by atoms with E-state index in [0.717, 1.165) is 11.1 Å². The van der Waals surface area contributed by atoms with Crippen LogP contribution < -0.4 is 16.0 Å². The van der Waals surface area contributed by atoms with E-state index in [1.54, 1.807) is 0 Å². The first-order valence-corrected chi connectivity index (χ1v) is 12.4. The zero-order valence-electron chi connectivity index (χ0n) is 22.0. The Bertz CT molecular complexity index is 1070. The van der Waals surface area contributed by atoms with E-state index < -0.39 is 24.2 Å². The Balaban J connectivity index is 0.000000339. The average molecular weight is 595 g/mol. The van der Waals surface area contributed by atoms with E-state index >= 15 is 0 Å². The maximum atomic E-state index is 12.4. The topological polar surface area (TPSA) is 73.5 Å². The molecule has 2 aliphatic rings. The van der Waals surface area contributed by atoms with Crippen LogP contribution in [0, 0.1) is 10.8 Å². The fraction of sp³-hybridized carbons (Fsp3) is 0.481. The molecule has 0 bridgehead atoms. The number of rotatable bonds is 7. The number of halogens is 7. The minimum atomic E-state index is -4.84. The lowest BCUT2D eigenvalue weighted by Gasteiger charge is -2.52. The summed E-state index contributed by atoms with van der Waals surface area (Å²) in [6, 6.07) is 20.1. The fourth-order valence-electron chi connectivity index (χ4n) is 4.58. The Kier molecular flexibility index (Phi) is 11.0. The predicted molar refractivity (Wildman–Crippen MR) is 141 cm³/mol. The van der Waals surface area contributed by atoms with E-state index in [1.165, 1.54) is 0 Å². The summed E-state index contributed by atoms with van der Waals surface area (Å²) in [5, 5.41) is 6.81. The molecule has 0 spiro atoms. The first-order valence-electron chi connectivity index (χ1n) is 12.4. The Morgan fingerprint density at radius 2 is 1.15 bits per heavy atom. The second kappa shape index (κ2) is 13.2. The molecule has 2 aromatic carbocycles. The summed E-state index contributed by atoms with van der Waals surface area (Å²) in [6.45, 7) is 6.30. The number of hydrogen-bond acceptors (Lipinski definition) is 4. The molecule has 0 aromatic heterocycles. The second-order valence-electron chi connectivity index (χ2n) is 10.7. The lowest BCUT2D eigenvalue weighted by Crippen LogP contribution is -2.60. The average Bonchev–Trinajstić information content (AvgIpc) is 2.84. The van der Waals surface area contributed by atoms with Gasteiger partial charge in [-0.15, -0.1) is 12.4 Å². The normalized spacial score (nSPS) is 17.7. The number of benzene rings is 2. The molecule has 2 saturated heterocycles. The molecule has 2 amide bonds. The van der Waals surface area contributed by atoms with Gasteiger partial charge in [0.1, 0.15) is 0 Å². The van der Waals surface area contributed by atoms with Gasteiger partial charge in [0.15, 0.2) is 0 Å². The summed E-state index contributed by atoms with van der Waals surface area (Å²) >= 11 is 0. The molecule has 2 heterocycles. The molecule has 13 heteroatoms. The summed E-state index contributed by atoms with van der Waals surface area (Å²) in [7, 11) is 0. The molecule has 3 N–H and O–H groups in total. The van der Waals surface area contributed by atoms with Gasteiger partial charge in [-0.05, 0) is 11.1 Å². The maximum Gasteiger partial charge on any atom is 0.471 e. The van der Waals surface area contributed by atoms with Crippen molar-refractivity contribution in [2.75, 3.05) is 39.3 Å². The van der Waals surface area contributed by atoms with Crippen LogP contribution in [0.2, 0.25) is 0 Å². The Labute approximate surface area is 235 Å². The molecule has 0 atom stereocenters. The lowest BCUT2D eigenvalue weighted by molar-refractivity contribution is -0.174. The van der Waals surface area contributed by atoms with Crippen molar-refractivity contribution >= 4 is 24.2 Å². The second-order valence-corrected chi connectivity index (χ2v) is 10.7. The summed E-state index contributed by atoms with van der Waals surface area (Å²) in [6.07, 6.45) is -9.61. The molecule has 0 aliphatic carbocycles. The van der Waals surface area contributed by atoms with E-state index in [9.17, 15) is 35.9 Å². The summed E-state index contributed by atoms with van der Waals surface area (Å²) < 4.78 is 72.3. The van der Waals surface area contributed by atoms with Crippen molar-refractivity contribution in [3.63, 3.8) is 0 Å². The van der Waals surface area contributed by atoms with Gasteiger partial charge < -0.3 is 16.0 Å². The SMILES string of the molecule is CC1(CNC(=O)C(F)(F)F)CN(C(c2ccccc2)c2ccccc2)C1.CC1(CNC(=O)C(F)(F)F)CNC1.Cl. The maximum absolute atomic E-state index is 12.4. The van der Waals surface area contributed by atoms with E-state index in [4.69, 9.17) is 0 Å². The van der Waals surface area contributed by atoms with Crippen LogP contribution in [-0.4, -0.2) is 68.3 Å². The van der Waals surface area contributed by atoms with E-state index in [2.05, 4.69) is 34.5 Å². The van der Waals surface area contributed by atoms with Crippen molar-refractivity contribution in [1.29, 1.82) is 0 Å². The van der Waals surface area contributed by atoms with Crippen LogP contribution in [0.3, 0.4) is 0 Å². The third-order valence-corrected chi connectivity index (χ3v) is 6.74. The highest BCUT2D eigenvalue weighted by molar-refractivity contribution is 5.85. The fourth-order valence-corrected chi connectivity index (χ4v) is 4.58. The van der Waals surface area contributed by atoms with E-state index in [1.807, 2.05) is 60.9 Å². The van der Waals surface area contributed by atoms with Crippen molar-refractivity contribution in [3.8, 4) is 0 Å². The van der Waals surface area contributed by atoms with Gasteiger partial charge in [0.2, 0.25) is 0 Å². The Morgan fingerprint density at radius 1 is 0.775 bits per heavy atom. The summed E-state index contributed by atoms with van der Waals surface area (Å²) in [5.41, 5.74) is 1.68. The number of hydrogen-bond donors (Lipinski definition) is 3. The summed E-state index contributed by atoms with van der Waals surface area (Å²) in [5.74, 6) is -3.74. The van der Waals surface area contributed by atoms with Crippen LogP contribution in [0.1, 0.15) is 31.0 Å². The third kappa shape index (κ3) is 9.10. The third-order valence-electron chi connectivity index (χ3n) is 6.74. The van der Waals surface area contributed by atoms with Gasteiger partial charge in [0.05, 0.1) is 6.04 Å². The van der Waals surface area contributed by atoms with Crippen LogP contribution >= 0.6 is 12.4 Å². The number of carbonyl (C=O) groups excluding carboxylic acids is 2. The number of nitrogens with zero attached hydrogens (tertiary/aromatic N) is 1. The quantitative estimate of drug-likeness (QED) is 0.414. The Hall–Kier alpha value is -2.83. The molecule has 2 aromatic rings. The van der Waals surface area contributed by atoms with Crippen LogP contribution in [0.25, 0.3) is 0 Å². The number of amides is 2. The summed E-state index contributed by atoms with van der Waals surface area (Å²) in [4.78, 5) is 23.7. The van der Waals surface area contributed by atoms with Gasteiger partial charge in [-0.2, -0.15) is 26.3 Å². The van der Waals surface area contributed by atoms with Gasteiger partial charge in [-0.1, -0.05) is 74.5 Å². The minimum Gasteiger partial charge on any atom is -0.348 e. The van der Waals surface area contributed by atoms with Crippen molar-refractivity contribution < 1.29 is 35.9 Å².